The second-order valence-electron chi connectivity index (χ2n) is 9.11. The van der Waals surface area contributed by atoms with Crippen molar-refractivity contribution in [3.05, 3.63) is 29.6 Å². The van der Waals surface area contributed by atoms with Crippen LogP contribution in [0, 0.1) is 11.8 Å². The van der Waals surface area contributed by atoms with Crippen LogP contribution in [0.4, 0.5) is 0 Å². The number of H-pyrrole nitrogens is 1. The molecule has 2 aromatic rings. The molecular weight excluding hydrogens is 362 g/mol. The molecule has 1 aromatic heterocycles. The summed E-state index contributed by atoms with van der Waals surface area (Å²) in [5, 5.41) is 13.1. The van der Waals surface area contributed by atoms with Gasteiger partial charge in [0.15, 0.2) is 0 Å². The Morgan fingerprint density at radius 3 is 2.48 bits per heavy atom. The second-order valence-corrected chi connectivity index (χ2v) is 9.11. The average Bonchev–Trinajstić information content (AvgIpc) is 2.99. The van der Waals surface area contributed by atoms with Crippen LogP contribution < -0.4 is 5.32 Å². The van der Waals surface area contributed by atoms with E-state index in [1.54, 1.807) is 0 Å². The van der Waals surface area contributed by atoms with Crippen molar-refractivity contribution < 1.29 is 9.90 Å². The van der Waals surface area contributed by atoms with E-state index in [-0.39, 0.29) is 18.4 Å². The Bertz CT molecular complexity index is 802. The molecule has 0 spiro atoms. The summed E-state index contributed by atoms with van der Waals surface area (Å²) >= 11 is 0. The zero-order chi connectivity index (χ0) is 20.1. The van der Waals surface area contributed by atoms with Gasteiger partial charge in [0.2, 0.25) is 0 Å². The van der Waals surface area contributed by atoms with Gasteiger partial charge in [-0.15, -0.1) is 0 Å². The minimum Gasteiger partial charge on any atom is -0.396 e. The molecule has 1 unspecified atom stereocenters. The number of aromatic amines is 1. The van der Waals surface area contributed by atoms with E-state index in [0.717, 1.165) is 36.2 Å². The van der Waals surface area contributed by atoms with E-state index in [1.807, 2.05) is 18.2 Å². The van der Waals surface area contributed by atoms with Crippen molar-refractivity contribution in [2.75, 3.05) is 13.2 Å². The van der Waals surface area contributed by atoms with E-state index < -0.39 is 0 Å². The molecule has 2 aliphatic rings. The molecular formula is C24H35N3O2. The van der Waals surface area contributed by atoms with Gasteiger partial charge in [0.1, 0.15) is 5.82 Å². The Kier molecular flexibility index (Phi) is 6.86. The minimum absolute atomic E-state index is 0.00159. The first-order valence-electron chi connectivity index (χ1n) is 11.6. The number of carbonyl (C=O) groups is 1. The Balaban J connectivity index is 1.43. The summed E-state index contributed by atoms with van der Waals surface area (Å²) in [7, 11) is 0. The molecule has 1 amide bonds. The number of amides is 1. The third-order valence-electron chi connectivity index (χ3n) is 7.06. The van der Waals surface area contributed by atoms with Crippen LogP contribution in [0.1, 0.15) is 92.7 Å². The van der Waals surface area contributed by atoms with E-state index in [2.05, 4.69) is 10.3 Å². The van der Waals surface area contributed by atoms with Crippen LogP contribution in [0.15, 0.2) is 18.2 Å². The highest BCUT2D eigenvalue weighted by Crippen LogP contribution is 2.35. The fourth-order valence-electron chi connectivity index (χ4n) is 5.25. The van der Waals surface area contributed by atoms with Gasteiger partial charge in [-0.1, -0.05) is 44.9 Å². The quantitative estimate of drug-likeness (QED) is 0.606. The first-order valence-corrected chi connectivity index (χ1v) is 11.6. The predicted molar refractivity (Wildman–Crippen MR) is 116 cm³/mol. The third kappa shape index (κ3) is 5.00. The highest BCUT2D eigenvalue weighted by Gasteiger charge is 2.27. The highest BCUT2D eigenvalue weighted by molar-refractivity contribution is 5.97. The van der Waals surface area contributed by atoms with E-state index in [4.69, 9.17) is 4.98 Å². The van der Waals surface area contributed by atoms with Crippen molar-refractivity contribution in [1.82, 2.24) is 15.3 Å². The number of nitrogens with one attached hydrogen (secondary N) is 2. The first-order chi connectivity index (χ1) is 14.2. The Morgan fingerprint density at radius 1 is 1.07 bits per heavy atom. The van der Waals surface area contributed by atoms with Crippen LogP contribution in [-0.2, 0) is 0 Å². The molecule has 1 aromatic carbocycles. The van der Waals surface area contributed by atoms with E-state index in [0.29, 0.717) is 17.4 Å². The molecule has 1 atom stereocenters. The zero-order valence-electron chi connectivity index (χ0n) is 17.5. The molecule has 0 saturated heterocycles. The lowest BCUT2D eigenvalue weighted by Gasteiger charge is -2.27. The van der Waals surface area contributed by atoms with Crippen molar-refractivity contribution in [3.63, 3.8) is 0 Å². The molecule has 4 rings (SSSR count). The van der Waals surface area contributed by atoms with Crippen LogP contribution in [0.3, 0.4) is 0 Å². The van der Waals surface area contributed by atoms with Crippen molar-refractivity contribution >= 4 is 16.9 Å². The number of aliphatic hydroxyl groups excluding tert-OH is 1. The number of hydrogen-bond donors (Lipinski definition) is 3. The number of hydrogen-bond acceptors (Lipinski definition) is 3. The molecule has 0 aliphatic heterocycles. The molecule has 2 fully saturated rings. The molecule has 29 heavy (non-hydrogen) atoms. The summed E-state index contributed by atoms with van der Waals surface area (Å²) < 4.78 is 0. The molecule has 2 aliphatic carbocycles. The van der Waals surface area contributed by atoms with Crippen molar-refractivity contribution in [2.45, 2.75) is 76.5 Å². The van der Waals surface area contributed by atoms with Gasteiger partial charge < -0.3 is 15.4 Å². The lowest BCUT2D eigenvalue weighted by Crippen LogP contribution is -2.29. The average molecular weight is 398 g/mol. The van der Waals surface area contributed by atoms with Gasteiger partial charge in [0, 0.05) is 18.0 Å². The number of nitrogens with zero attached hydrogens (tertiary/aromatic N) is 1. The fourth-order valence-corrected chi connectivity index (χ4v) is 5.25. The minimum atomic E-state index is -0.00159. The molecule has 1 heterocycles. The normalized spacial score (nSPS) is 20.4. The number of imidazole rings is 1. The number of benzene rings is 1. The molecule has 5 heteroatoms. The monoisotopic (exact) mass is 397 g/mol. The Hall–Kier alpha value is -1.88. The molecule has 3 N–H and O–H groups in total. The summed E-state index contributed by atoms with van der Waals surface area (Å²) in [4.78, 5) is 20.8. The summed E-state index contributed by atoms with van der Waals surface area (Å²) in [5.41, 5.74) is 2.44. The maximum absolute atomic E-state index is 12.7. The van der Waals surface area contributed by atoms with Gasteiger partial charge >= 0.3 is 0 Å². The first kappa shape index (κ1) is 20.4. The lowest BCUT2D eigenvalue weighted by molar-refractivity contribution is 0.0946. The smallest absolute Gasteiger partial charge is 0.251 e. The Labute approximate surface area is 173 Å². The van der Waals surface area contributed by atoms with Gasteiger partial charge in [-0.05, 0) is 55.7 Å². The number of carbonyl (C=O) groups excluding carboxylic acids is 1. The zero-order valence-corrected chi connectivity index (χ0v) is 17.5. The summed E-state index contributed by atoms with van der Waals surface area (Å²) in [6, 6.07) is 5.69. The van der Waals surface area contributed by atoms with E-state index in [1.165, 1.54) is 57.8 Å². The number of aliphatic hydroxyl groups is 1. The largest absolute Gasteiger partial charge is 0.396 e. The molecule has 5 nitrogen and oxygen atoms in total. The van der Waals surface area contributed by atoms with Gasteiger partial charge in [-0.2, -0.15) is 0 Å². The maximum atomic E-state index is 12.7. The standard InChI is InChI=1S/C24H35N3O2/c28-16-20(18-10-6-3-7-11-18)23-26-21-13-12-19(14-22(21)27-23)24(29)25-15-17-8-4-1-2-5-9-17/h12-14,17-18,20,28H,1-11,15-16H2,(H,25,29)(H,26,27). The summed E-state index contributed by atoms with van der Waals surface area (Å²) in [6.07, 6.45) is 13.8. The highest BCUT2D eigenvalue weighted by atomic mass is 16.3. The lowest BCUT2D eigenvalue weighted by atomic mass is 9.80. The van der Waals surface area contributed by atoms with Gasteiger partial charge in [0.05, 0.1) is 17.6 Å². The van der Waals surface area contributed by atoms with Crippen LogP contribution in [-0.4, -0.2) is 34.1 Å². The second kappa shape index (κ2) is 9.75. The predicted octanol–water partition coefficient (Wildman–Crippen LogP) is 4.92. The topological polar surface area (TPSA) is 78.0 Å². The maximum Gasteiger partial charge on any atom is 0.251 e. The van der Waals surface area contributed by atoms with E-state index >= 15 is 0 Å². The van der Waals surface area contributed by atoms with E-state index in [9.17, 15) is 9.90 Å². The van der Waals surface area contributed by atoms with Crippen molar-refractivity contribution in [3.8, 4) is 0 Å². The summed E-state index contributed by atoms with van der Waals surface area (Å²) in [6.45, 7) is 0.901. The van der Waals surface area contributed by atoms with Crippen LogP contribution in [0.25, 0.3) is 11.0 Å². The van der Waals surface area contributed by atoms with Gasteiger partial charge in [-0.25, -0.2) is 4.98 Å². The number of rotatable bonds is 6. The third-order valence-corrected chi connectivity index (χ3v) is 7.06. The molecule has 0 radical (unpaired) electrons. The van der Waals surface area contributed by atoms with Crippen LogP contribution in [0.2, 0.25) is 0 Å². The van der Waals surface area contributed by atoms with Crippen molar-refractivity contribution in [2.24, 2.45) is 11.8 Å². The Morgan fingerprint density at radius 2 is 1.76 bits per heavy atom. The number of fused-ring (bicyclic) bond motifs is 1. The molecule has 0 bridgehead atoms. The van der Waals surface area contributed by atoms with Crippen molar-refractivity contribution in [1.29, 1.82) is 0 Å². The SMILES string of the molecule is O=C(NCC1CCCCCC1)c1ccc2nc(C(CO)C3CCCCC3)[nH]c2c1. The summed E-state index contributed by atoms with van der Waals surface area (Å²) in [5.74, 6) is 2.04. The number of aromatic nitrogens is 2. The van der Waals surface area contributed by atoms with Gasteiger partial charge in [0.25, 0.3) is 5.91 Å². The molecule has 158 valence electrons. The van der Waals surface area contributed by atoms with Gasteiger partial charge in [-0.3, -0.25) is 4.79 Å². The van der Waals surface area contributed by atoms with Crippen LogP contribution in [0.5, 0.6) is 0 Å². The fraction of sp³-hybridized carbons (Fsp3) is 0.667. The molecule has 2 saturated carbocycles. The van der Waals surface area contributed by atoms with Crippen LogP contribution >= 0.6 is 0 Å².